The predicted octanol–water partition coefficient (Wildman–Crippen LogP) is 4.11. The van der Waals surface area contributed by atoms with Crippen LogP contribution in [0.5, 0.6) is 0 Å². The van der Waals surface area contributed by atoms with Crippen LogP contribution >= 0.6 is 11.6 Å². The van der Waals surface area contributed by atoms with Crippen LogP contribution in [0.3, 0.4) is 0 Å². The molecule has 3 amide bonds. The van der Waals surface area contributed by atoms with Crippen LogP contribution in [0.2, 0.25) is 5.02 Å². The summed E-state index contributed by atoms with van der Waals surface area (Å²) >= 11 is 6.06. The number of hydrogen-bond donors (Lipinski definition) is 2. The first-order valence-electron chi connectivity index (χ1n) is 10.3. The second-order valence-corrected chi connectivity index (χ2v) is 7.72. The number of halogens is 1. The average Bonchev–Trinajstić information content (AvgIpc) is 3.24. The quantitative estimate of drug-likeness (QED) is 0.652. The molecule has 158 valence electrons. The molecule has 6 nitrogen and oxygen atoms in total. The van der Waals surface area contributed by atoms with Crippen molar-refractivity contribution in [1.29, 1.82) is 0 Å². The van der Waals surface area contributed by atoms with Crippen molar-refractivity contribution in [2.75, 3.05) is 18.4 Å². The second kappa shape index (κ2) is 10.3. The highest BCUT2D eigenvalue weighted by Crippen LogP contribution is 2.22. The Balaban J connectivity index is 1.64. The molecule has 0 aliphatic carbocycles. The molecule has 1 saturated heterocycles. The Hall–Kier alpha value is -2.86. The van der Waals surface area contributed by atoms with E-state index in [0.29, 0.717) is 41.3 Å². The van der Waals surface area contributed by atoms with Crippen LogP contribution in [-0.2, 0) is 4.79 Å². The van der Waals surface area contributed by atoms with Crippen LogP contribution in [-0.4, -0.2) is 41.8 Å². The highest BCUT2D eigenvalue weighted by Gasteiger charge is 2.34. The van der Waals surface area contributed by atoms with Gasteiger partial charge < -0.3 is 15.5 Å². The van der Waals surface area contributed by atoms with Crippen molar-refractivity contribution < 1.29 is 14.4 Å². The van der Waals surface area contributed by atoms with Crippen LogP contribution < -0.4 is 10.6 Å². The lowest BCUT2D eigenvalue weighted by Gasteiger charge is -2.24. The van der Waals surface area contributed by atoms with Crippen molar-refractivity contribution in [3.63, 3.8) is 0 Å². The van der Waals surface area contributed by atoms with Crippen molar-refractivity contribution in [2.24, 2.45) is 0 Å². The first kappa shape index (κ1) is 21.8. The molecule has 7 heteroatoms. The SMILES string of the molecule is CCCCNC(=O)C1CCCN1C(=O)c1ccc(NC(=O)c2ccccc2Cl)cc1. The fourth-order valence-electron chi connectivity index (χ4n) is 3.49. The highest BCUT2D eigenvalue weighted by molar-refractivity contribution is 6.34. The Kier molecular flexibility index (Phi) is 7.46. The van der Waals surface area contributed by atoms with Crippen molar-refractivity contribution in [3.05, 3.63) is 64.7 Å². The Morgan fingerprint density at radius 3 is 2.53 bits per heavy atom. The lowest BCUT2D eigenvalue weighted by atomic mass is 10.1. The lowest BCUT2D eigenvalue weighted by Crippen LogP contribution is -2.46. The van der Waals surface area contributed by atoms with E-state index in [0.717, 1.165) is 19.3 Å². The molecule has 2 aromatic rings. The van der Waals surface area contributed by atoms with E-state index in [9.17, 15) is 14.4 Å². The van der Waals surface area contributed by atoms with E-state index >= 15 is 0 Å². The molecule has 1 aliphatic heterocycles. The molecule has 30 heavy (non-hydrogen) atoms. The minimum Gasteiger partial charge on any atom is -0.354 e. The number of benzene rings is 2. The zero-order valence-electron chi connectivity index (χ0n) is 17.0. The fraction of sp³-hybridized carbons (Fsp3) is 0.348. The largest absolute Gasteiger partial charge is 0.354 e. The summed E-state index contributed by atoms with van der Waals surface area (Å²) in [6.07, 6.45) is 3.42. The predicted molar refractivity (Wildman–Crippen MR) is 118 cm³/mol. The highest BCUT2D eigenvalue weighted by atomic mass is 35.5. The van der Waals surface area contributed by atoms with Gasteiger partial charge in [0.1, 0.15) is 6.04 Å². The lowest BCUT2D eigenvalue weighted by molar-refractivity contribution is -0.124. The number of carbonyl (C=O) groups is 3. The van der Waals surface area contributed by atoms with Crippen molar-refractivity contribution in [2.45, 2.75) is 38.6 Å². The number of amides is 3. The first-order chi connectivity index (χ1) is 14.5. The molecule has 0 saturated carbocycles. The number of carbonyl (C=O) groups excluding carboxylic acids is 3. The van der Waals surface area contributed by atoms with Gasteiger partial charge in [0.15, 0.2) is 0 Å². The molecule has 1 heterocycles. The number of hydrogen-bond acceptors (Lipinski definition) is 3. The van der Waals surface area contributed by atoms with Gasteiger partial charge in [-0.15, -0.1) is 0 Å². The first-order valence-corrected chi connectivity index (χ1v) is 10.6. The number of anilines is 1. The number of nitrogens with one attached hydrogen (secondary N) is 2. The van der Waals surface area contributed by atoms with Crippen LogP contribution in [0, 0.1) is 0 Å². The summed E-state index contributed by atoms with van der Waals surface area (Å²) in [4.78, 5) is 39.4. The Morgan fingerprint density at radius 1 is 1.10 bits per heavy atom. The third-order valence-corrected chi connectivity index (χ3v) is 5.48. The van der Waals surface area contributed by atoms with Crippen molar-refractivity contribution >= 4 is 35.0 Å². The van der Waals surface area contributed by atoms with Gasteiger partial charge in [-0.2, -0.15) is 0 Å². The summed E-state index contributed by atoms with van der Waals surface area (Å²) in [5, 5.41) is 6.07. The summed E-state index contributed by atoms with van der Waals surface area (Å²) in [5.74, 6) is -0.576. The Morgan fingerprint density at radius 2 is 1.83 bits per heavy atom. The third kappa shape index (κ3) is 5.19. The van der Waals surface area contributed by atoms with Gasteiger partial charge in [0.2, 0.25) is 5.91 Å². The van der Waals surface area contributed by atoms with Crippen LogP contribution in [0.1, 0.15) is 53.3 Å². The smallest absolute Gasteiger partial charge is 0.257 e. The maximum atomic E-state index is 12.9. The molecule has 1 unspecified atom stereocenters. The zero-order valence-corrected chi connectivity index (χ0v) is 17.7. The normalized spacial score (nSPS) is 15.7. The van der Waals surface area contributed by atoms with Gasteiger partial charge in [-0.25, -0.2) is 0 Å². The van der Waals surface area contributed by atoms with Gasteiger partial charge in [0, 0.05) is 24.3 Å². The van der Waals surface area contributed by atoms with E-state index < -0.39 is 6.04 Å². The minimum atomic E-state index is -0.422. The zero-order chi connectivity index (χ0) is 21.5. The molecule has 1 aliphatic rings. The molecule has 0 radical (unpaired) electrons. The van der Waals surface area contributed by atoms with Gasteiger partial charge in [-0.3, -0.25) is 14.4 Å². The molecular formula is C23H26ClN3O3. The Labute approximate surface area is 181 Å². The molecule has 0 spiro atoms. The second-order valence-electron chi connectivity index (χ2n) is 7.31. The molecule has 1 atom stereocenters. The van der Waals surface area contributed by atoms with Crippen molar-refractivity contribution in [3.8, 4) is 0 Å². The summed E-state index contributed by atoms with van der Waals surface area (Å²) in [5.41, 5.74) is 1.43. The van der Waals surface area contributed by atoms with Gasteiger partial charge in [0.05, 0.1) is 10.6 Å². The van der Waals surface area contributed by atoms with E-state index in [-0.39, 0.29) is 17.7 Å². The van der Waals surface area contributed by atoms with Crippen LogP contribution in [0.25, 0.3) is 0 Å². The van der Waals surface area contributed by atoms with E-state index in [1.165, 1.54) is 0 Å². The van der Waals surface area contributed by atoms with E-state index in [1.807, 2.05) is 0 Å². The van der Waals surface area contributed by atoms with Gasteiger partial charge in [-0.05, 0) is 55.7 Å². The molecular weight excluding hydrogens is 402 g/mol. The standard InChI is InChI=1S/C23H26ClN3O3/c1-2-3-14-25-22(29)20-9-6-15-27(20)23(30)16-10-12-17(13-11-16)26-21(28)18-7-4-5-8-19(18)24/h4-5,7-8,10-13,20H,2-3,6,9,14-15H2,1H3,(H,25,29)(H,26,28). The topological polar surface area (TPSA) is 78.5 Å². The molecule has 3 rings (SSSR count). The minimum absolute atomic E-state index is 0.0853. The number of unbranched alkanes of at least 4 members (excludes halogenated alkanes) is 1. The van der Waals surface area contributed by atoms with Crippen molar-refractivity contribution in [1.82, 2.24) is 10.2 Å². The van der Waals surface area contributed by atoms with Crippen LogP contribution in [0.4, 0.5) is 5.69 Å². The number of rotatable bonds is 7. The van der Waals surface area contributed by atoms with E-state index in [4.69, 9.17) is 11.6 Å². The summed E-state index contributed by atoms with van der Waals surface area (Å²) in [6.45, 7) is 3.27. The fourth-order valence-corrected chi connectivity index (χ4v) is 3.72. The molecule has 0 aromatic heterocycles. The summed E-state index contributed by atoms with van der Waals surface area (Å²) in [7, 11) is 0. The van der Waals surface area contributed by atoms with E-state index in [2.05, 4.69) is 17.6 Å². The molecule has 1 fully saturated rings. The van der Waals surface area contributed by atoms with Gasteiger partial charge in [-0.1, -0.05) is 37.1 Å². The number of likely N-dealkylation sites (tertiary alicyclic amines) is 1. The van der Waals surface area contributed by atoms with E-state index in [1.54, 1.807) is 53.4 Å². The monoisotopic (exact) mass is 427 g/mol. The van der Waals surface area contributed by atoms with Crippen LogP contribution in [0.15, 0.2) is 48.5 Å². The molecule has 0 bridgehead atoms. The number of nitrogens with zero attached hydrogens (tertiary/aromatic N) is 1. The Bertz CT molecular complexity index is 914. The van der Waals surface area contributed by atoms with Gasteiger partial charge in [0.25, 0.3) is 11.8 Å². The van der Waals surface area contributed by atoms with Gasteiger partial charge >= 0.3 is 0 Å². The maximum Gasteiger partial charge on any atom is 0.257 e. The molecule has 2 aromatic carbocycles. The summed E-state index contributed by atoms with van der Waals surface area (Å²) < 4.78 is 0. The third-order valence-electron chi connectivity index (χ3n) is 5.15. The molecule has 2 N–H and O–H groups in total. The average molecular weight is 428 g/mol. The maximum absolute atomic E-state index is 12.9. The summed E-state index contributed by atoms with van der Waals surface area (Å²) in [6, 6.07) is 13.1.